The Bertz CT molecular complexity index is 524. The summed E-state index contributed by atoms with van der Waals surface area (Å²) in [7, 11) is 1.80. The van der Waals surface area contributed by atoms with E-state index < -0.39 is 0 Å². The monoisotopic (exact) mass is 449 g/mol. The van der Waals surface area contributed by atoms with Crippen LogP contribution in [0.4, 0.5) is 0 Å². The Kier molecular flexibility index (Phi) is 7.61. The fourth-order valence-electron chi connectivity index (χ4n) is 2.61. The van der Waals surface area contributed by atoms with Crippen LogP contribution < -0.4 is 20.1 Å². The van der Waals surface area contributed by atoms with Crippen LogP contribution in [0.15, 0.2) is 29.3 Å². The fourth-order valence-corrected chi connectivity index (χ4v) is 3.81. The molecule has 2 N–H and O–H groups in total. The van der Waals surface area contributed by atoms with E-state index in [9.17, 15) is 0 Å². The van der Waals surface area contributed by atoms with E-state index in [1.54, 1.807) is 7.05 Å². The van der Waals surface area contributed by atoms with Gasteiger partial charge < -0.3 is 20.1 Å². The van der Waals surface area contributed by atoms with Crippen LogP contribution in [0.5, 0.6) is 11.5 Å². The van der Waals surface area contributed by atoms with Crippen LogP contribution in [0.3, 0.4) is 0 Å². The molecule has 1 saturated heterocycles. The predicted molar refractivity (Wildman–Crippen MR) is 107 cm³/mol. The number of halogens is 1. The van der Waals surface area contributed by atoms with Crippen molar-refractivity contribution in [1.82, 2.24) is 10.6 Å². The van der Waals surface area contributed by atoms with Crippen molar-refractivity contribution in [1.29, 1.82) is 0 Å². The van der Waals surface area contributed by atoms with Crippen molar-refractivity contribution in [3.05, 3.63) is 24.3 Å². The van der Waals surface area contributed by atoms with Crippen molar-refractivity contribution >= 4 is 41.7 Å². The average Bonchev–Trinajstić information content (AvgIpc) is 3.08. The van der Waals surface area contributed by atoms with Crippen LogP contribution in [-0.4, -0.2) is 49.8 Å². The van der Waals surface area contributed by atoms with Gasteiger partial charge in [-0.25, -0.2) is 0 Å². The number of hydrogen-bond acceptors (Lipinski definition) is 4. The van der Waals surface area contributed by atoms with Crippen molar-refractivity contribution in [3.8, 4) is 11.5 Å². The Morgan fingerprint density at radius 2 is 2.04 bits per heavy atom. The molecular weight excluding hydrogens is 425 g/mol. The van der Waals surface area contributed by atoms with Gasteiger partial charge in [-0.1, -0.05) is 12.1 Å². The maximum absolute atomic E-state index is 5.93. The highest BCUT2D eigenvalue weighted by molar-refractivity contribution is 14.0. The lowest BCUT2D eigenvalue weighted by Gasteiger charge is -2.27. The largest absolute Gasteiger partial charge is 0.486 e. The highest BCUT2D eigenvalue weighted by Gasteiger charge is 2.21. The molecule has 1 fully saturated rings. The SMILES string of the molecule is CN=C(NCC1COc2ccccc2O1)NCC1CCCS1.I. The van der Waals surface area contributed by atoms with Gasteiger partial charge in [0.2, 0.25) is 0 Å². The summed E-state index contributed by atoms with van der Waals surface area (Å²) in [6, 6.07) is 7.77. The van der Waals surface area contributed by atoms with Crippen LogP contribution in [-0.2, 0) is 0 Å². The molecule has 0 spiro atoms. The van der Waals surface area contributed by atoms with Gasteiger partial charge in [-0.05, 0) is 30.7 Å². The number of aliphatic imine (C=N–C) groups is 1. The fraction of sp³-hybridized carbons (Fsp3) is 0.562. The third-order valence-electron chi connectivity index (χ3n) is 3.81. The Balaban J connectivity index is 0.00000192. The van der Waals surface area contributed by atoms with E-state index in [2.05, 4.69) is 15.6 Å². The zero-order valence-corrected chi connectivity index (χ0v) is 16.4. The minimum Gasteiger partial charge on any atom is -0.486 e. The Labute approximate surface area is 159 Å². The Hall–Kier alpha value is -0.830. The van der Waals surface area contributed by atoms with Gasteiger partial charge in [0.15, 0.2) is 17.5 Å². The number of thioether (sulfide) groups is 1. The molecule has 23 heavy (non-hydrogen) atoms. The molecule has 2 unspecified atom stereocenters. The number of benzene rings is 1. The van der Waals surface area contributed by atoms with Gasteiger partial charge in [0.25, 0.3) is 0 Å². The van der Waals surface area contributed by atoms with E-state index in [0.717, 1.165) is 24.0 Å². The third kappa shape index (κ3) is 5.34. The minimum absolute atomic E-state index is 0. The number of nitrogens with zero attached hydrogens (tertiary/aromatic N) is 1. The second-order valence-corrected chi connectivity index (χ2v) is 6.87. The molecule has 1 aromatic carbocycles. The van der Waals surface area contributed by atoms with E-state index in [1.165, 1.54) is 18.6 Å². The molecule has 2 heterocycles. The maximum Gasteiger partial charge on any atom is 0.191 e. The summed E-state index contributed by atoms with van der Waals surface area (Å²) >= 11 is 2.04. The van der Waals surface area contributed by atoms with Crippen molar-refractivity contribution in [2.75, 3.05) is 32.5 Å². The number of rotatable bonds is 4. The molecule has 2 aliphatic rings. The summed E-state index contributed by atoms with van der Waals surface area (Å²) in [5, 5.41) is 7.42. The summed E-state index contributed by atoms with van der Waals surface area (Å²) in [5.74, 6) is 3.74. The van der Waals surface area contributed by atoms with Crippen LogP contribution in [0.1, 0.15) is 12.8 Å². The molecule has 0 radical (unpaired) electrons. The van der Waals surface area contributed by atoms with Crippen LogP contribution in [0, 0.1) is 0 Å². The molecule has 1 aromatic rings. The number of guanidine groups is 1. The minimum atomic E-state index is -0.00527. The summed E-state index contributed by atoms with van der Waals surface area (Å²) in [4.78, 5) is 4.27. The van der Waals surface area contributed by atoms with Gasteiger partial charge in [-0.15, -0.1) is 24.0 Å². The number of nitrogens with one attached hydrogen (secondary N) is 2. The second-order valence-electron chi connectivity index (χ2n) is 5.47. The van der Waals surface area contributed by atoms with Gasteiger partial charge in [-0.2, -0.15) is 11.8 Å². The van der Waals surface area contributed by atoms with E-state index in [4.69, 9.17) is 9.47 Å². The Morgan fingerprint density at radius 1 is 1.26 bits per heavy atom. The first-order valence-electron chi connectivity index (χ1n) is 7.80. The molecule has 5 nitrogen and oxygen atoms in total. The van der Waals surface area contributed by atoms with Gasteiger partial charge >= 0.3 is 0 Å². The lowest BCUT2D eigenvalue weighted by Crippen LogP contribution is -2.46. The number of hydrogen-bond donors (Lipinski definition) is 2. The molecule has 0 amide bonds. The highest BCUT2D eigenvalue weighted by atomic mass is 127. The average molecular weight is 449 g/mol. The molecule has 7 heteroatoms. The zero-order valence-electron chi connectivity index (χ0n) is 13.3. The summed E-state index contributed by atoms with van der Waals surface area (Å²) in [6.07, 6.45) is 2.62. The van der Waals surface area contributed by atoms with Crippen molar-refractivity contribution in [2.24, 2.45) is 4.99 Å². The summed E-state index contributed by atoms with van der Waals surface area (Å²) in [5.41, 5.74) is 0. The summed E-state index contributed by atoms with van der Waals surface area (Å²) < 4.78 is 11.6. The first kappa shape index (κ1) is 18.5. The van der Waals surface area contributed by atoms with E-state index in [0.29, 0.717) is 18.4 Å². The van der Waals surface area contributed by atoms with E-state index >= 15 is 0 Å². The molecule has 2 atom stereocenters. The standard InChI is InChI=1S/C16H23N3O2S.HI/c1-17-16(19-10-13-5-4-8-22-13)18-9-12-11-20-14-6-2-3-7-15(14)21-12;/h2-3,6-7,12-13H,4-5,8-11H2,1H3,(H2,17,18,19);1H. The van der Waals surface area contributed by atoms with Crippen LogP contribution in [0.25, 0.3) is 0 Å². The maximum atomic E-state index is 5.93. The first-order valence-corrected chi connectivity index (χ1v) is 8.84. The van der Waals surface area contributed by atoms with Crippen LogP contribution >= 0.6 is 35.7 Å². The highest BCUT2D eigenvalue weighted by Crippen LogP contribution is 2.30. The molecule has 128 valence electrons. The number of ether oxygens (including phenoxy) is 2. The molecule has 0 bridgehead atoms. The van der Waals surface area contributed by atoms with E-state index in [1.807, 2.05) is 36.0 Å². The molecule has 0 aliphatic carbocycles. The normalized spacial score (nSPS) is 23.1. The second kappa shape index (κ2) is 9.46. The predicted octanol–water partition coefficient (Wildman–Crippen LogP) is 2.51. The van der Waals surface area contributed by atoms with Crippen molar-refractivity contribution in [3.63, 3.8) is 0 Å². The van der Waals surface area contributed by atoms with Gasteiger partial charge in [0.05, 0.1) is 6.54 Å². The smallest absolute Gasteiger partial charge is 0.191 e. The van der Waals surface area contributed by atoms with Gasteiger partial charge in [0.1, 0.15) is 12.7 Å². The molecule has 2 aliphatic heterocycles. The molecule has 0 saturated carbocycles. The first-order chi connectivity index (χ1) is 10.8. The van der Waals surface area contributed by atoms with Gasteiger partial charge in [0, 0.05) is 18.8 Å². The van der Waals surface area contributed by atoms with Crippen molar-refractivity contribution < 1.29 is 9.47 Å². The van der Waals surface area contributed by atoms with E-state index in [-0.39, 0.29) is 30.1 Å². The van der Waals surface area contributed by atoms with Gasteiger partial charge in [-0.3, -0.25) is 4.99 Å². The lowest BCUT2D eigenvalue weighted by atomic mass is 10.2. The zero-order chi connectivity index (χ0) is 15.2. The quantitative estimate of drug-likeness (QED) is 0.421. The molecule has 3 rings (SSSR count). The third-order valence-corrected chi connectivity index (χ3v) is 5.21. The lowest BCUT2D eigenvalue weighted by molar-refractivity contribution is 0.0936. The Morgan fingerprint density at radius 3 is 2.78 bits per heavy atom. The van der Waals surface area contributed by atoms with Crippen molar-refractivity contribution in [2.45, 2.75) is 24.2 Å². The number of para-hydroxylation sites is 2. The number of fused-ring (bicyclic) bond motifs is 1. The topological polar surface area (TPSA) is 54.9 Å². The van der Waals surface area contributed by atoms with Crippen LogP contribution in [0.2, 0.25) is 0 Å². The molecular formula is C16H24IN3O2S. The molecule has 0 aromatic heterocycles. The summed E-state index contributed by atoms with van der Waals surface area (Å²) in [6.45, 7) is 2.19.